The number of hydrogen-bond donors (Lipinski definition) is 3. The zero-order valence-corrected chi connectivity index (χ0v) is 21.8. The Labute approximate surface area is 219 Å². The third kappa shape index (κ3) is 8.65. The van der Waals surface area contributed by atoms with E-state index < -0.39 is 5.97 Å². The summed E-state index contributed by atoms with van der Waals surface area (Å²) in [6.45, 7) is 9.61. The second-order valence-corrected chi connectivity index (χ2v) is 9.48. The minimum absolute atomic E-state index is 0.00299. The molecule has 0 radical (unpaired) electrons. The van der Waals surface area contributed by atoms with Crippen molar-refractivity contribution in [2.24, 2.45) is 5.92 Å². The van der Waals surface area contributed by atoms with E-state index in [0.29, 0.717) is 19.7 Å². The Hall–Kier alpha value is -3.83. The minimum atomic E-state index is -0.870. The zero-order valence-electron chi connectivity index (χ0n) is 21.8. The molecule has 1 fully saturated rings. The molecule has 1 atom stereocenters. The molecule has 0 saturated carbocycles. The molecule has 1 saturated heterocycles. The number of amides is 2. The number of carbonyl (C=O) groups is 2. The fraction of sp³-hybridized carbons (Fsp3) is 0.414. The number of aliphatic carboxylic acids is 1. The topological polar surface area (TPSA) is 106 Å². The van der Waals surface area contributed by atoms with Gasteiger partial charge in [-0.25, -0.2) is 4.79 Å². The summed E-state index contributed by atoms with van der Waals surface area (Å²) in [5.74, 6) is 5.53. The Kier molecular flexibility index (Phi) is 10.1. The molecule has 0 bridgehead atoms. The van der Waals surface area contributed by atoms with E-state index in [2.05, 4.69) is 46.3 Å². The number of nitrogens with zero attached hydrogens (tertiary/aromatic N) is 2. The van der Waals surface area contributed by atoms with E-state index in [-0.39, 0.29) is 30.1 Å². The molecule has 0 aromatic heterocycles. The van der Waals surface area contributed by atoms with Gasteiger partial charge in [0.05, 0.1) is 12.3 Å². The van der Waals surface area contributed by atoms with E-state index in [9.17, 15) is 9.59 Å². The molecule has 0 unspecified atom stereocenters. The van der Waals surface area contributed by atoms with Crippen LogP contribution in [0.5, 0.6) is 5.75 Å². The third-order valence-corrected chi connectivity index (χ3v) is 6.29. The number of hydrogen-bond acceptors (Lipinski definition) is 5. The molecule has 8 nitrogen and oxygen atoms in total. The second kappa shape index (κ2) is 13.5. The number of piperazine rings is 1. The summed E-state index contributed by atoms with van der Waals surface area (Å²) in [5.41, 5.74) is 3.13. The van der Waals surface area contributed by atoms with E-state index in [4.69, 9.17) is 15.3 Å². The molecule has 1 heterocycles. The highest BCUT2D eigenvalue weighted by Crippen LogP contribution is 2.23. The van der Waals surface area contributed by atoms with Gasteiger partial charge in [-0.05, 0) is 35.7 Å². The average molecular weight is 505 g/mol. The van der Waals surface area contributed by atoms with Gasteiger partial charge in [-0.3, -0.25) is 20.4 Å². The van der Waals surface area contributed by atoms with Crippen molar-refractivity contribution in [3.05, 3.63) is 65.2 Å². The van der Waals surface area contributed by atoms with E-state index in [0.717, 1.165) is 36.5 Å². The van der Waals surface area contributed by atoms with Gasteiger partial charge in [-0.1, -0.05) is 56.2 Å². The second-order valence-electron chi connectivity index (χ2n) is 9.48. The molecule has 1 aliphatic heterocycles. The number of carbonyl (C=O) groups excluding carboxylic acids is 1. The quantitative estimate of drug-likeness (QED) is 0.268. The summed E-state index contributed by atoms with van der Waals surface area (Å²) < 4.78 is 5.91. The lowest BCUT2D eigenvalue weighted by Gasteiger charge is -2.34. The minimum Gasteiger partial charge on any atom is -0.489 e. The van der Waals surface area contributed by atoms with Gasteiger partial charge in [0.2, 0.25) is 0 Å². The van der Waals surface area contributed by atoms with Gasteiger partial charge in [0.15, 0.2) is 0 Å². The van der Waals surface area contributed by atoms with Gasteiger partial charge in [0.1, 0.15) is 18.2 Å². The molecule has 8 heteroatoms. The summed E-state index contributed by atoms with van der Waals surface area (Å²) in [5, 5.41) is 19.6. The van der Waals surface area contributed by atoms with E-state index in [1.807, 2.05) is 38.1 Å². The van der Waals surface area contributed by atoms with Gasteiger partial charge < -0.3 is 14.7 Å². The van der Waals surface area contributed by atoms with Gasteiger partial charge in [0.25, 0.3) is 0 Å². The van der Waals surface area contributed by atoms with Crippen molar-refractivity contribution in [3.63, 3.8) is 0 Å². The van der Waals surface area contributed by atoms with Crippen LogP contribution >= 0.6 is 0 Å². The number of amidine groups is 1. The smallest absolute Gasteiger partial charge is 0.322 e. The van der Waals surface area contributed by atoms with Crippen molar-refractivity contribution in [3.8, 4) is 17.6 Å². The Balaban J connectivity index is 1.44. The molecule has 0 aliphatic carbocycles. The van der Waals surface area contributed by atoms with Crippen LogP contribution in [0.3, 0.4) is 0 Å². The third-order valence-electron chi connectivity index (χ3n) is 6.29. The molecule has 196 valence electrons. The van der Waals surface area contributed by atoms with Crippen LogP contribution in [-0.2, 0) is 17.9 Å². The SMILES string of the molecule is CC#C[C@@H](CC(=O)O)c1ccc(OCc2ccc(CN3CCN(C(=O)NC(=N)C(C)C)CC3)cc2)cc1. The number of nitrogens with one attached hydrogen (secondary N) is 2. The van der Waals surface area contributed by atoms with Crippen molar-refractivity contribution in [1.29, 1.82) is 5.41 Å². The first-order valence-corrected chi connectivity index (χ1v) is 12.6. The van der Waals surface area contributed by atoms with Crippen LogP contribution < -0.4 is 10.1 Å². The van der Waals surface area contributed by atoms with Gasteiger partial charge >= 0.3 is 12.0 Å². The van der Waals surface area contributed by atoms with Crippen molar-refractivity contribution in [1.82, 2.24) is 15.1 Å². The van der Waals surface area contributed by atoms with Crippen molar-refractivity contribution in [2.75, 3.05) is 26.2 Å². The maximum absolute atomic E-state index is 12.3. The molecular formula is C29H36N4O4. The van der Waals surface area contributed by atoms with Crippen LogP contribution in [0.2, 0.25) is 0 Å². The van der Waals surface area contributed by atoms with Crippen molar-refractivity contribution >= 4 is 17.8 Å². The predicted molar refractivity (Wildman–Crippen MR) is 144 cm³/mol. The number of carboxylic acids is 1. The fourth-order valence-corrected chi connectivity index (χ4v) is 4.01. The monoisotopic (exact) mass is 504 g/mol. The normalized spacial score (nSPS) is 14.4. The average Bonchev–Trinajstić information content (AvgIpc) is 2.88. The highest BCUT2D eigenvalue weighted by Gasteiger charge is 2.22. The van der Waals surface area contributed by atoms with E-state index in [1.54, 1.807) is 11.8 Å². The Bertz CT molecular complexity index is 1130. The Morgan fingerprint density at radius 1 is 1.03 bits per heavy atom. The number of ether oxygens (including phenoxy) is 1. The molecule has 37 heavy (non-hydrogen) atoms. The molecule has 3 rings (SSSR count). The highest BCUT2D eigenvalue weighted by molar-refractivity contribution is 5.96. The first-order chi connectivity index (χ1) is 17.7. The molecular weight excluding hydrogens is 468 g/mol. The predicted octanol–water partition coefficient (Wildman–Crippen LogP) is 4.31. The zero-order chi connectivity index (χ0) is 26.8. The lowest BCUT2D eigenvalue weighted by Crippen LogP contribution is -2.52. The first-order valence-electron chi connectivity index (χ1n) is 12.6. The lowest BCUT2D eigenvalue weighted by molar-refractivity contribution is -0.137. The largest absolute Gasteiger partial charge is 0.489 e. The van der Waals surface area contributed by atoms with Gasteiger partial charge in [0, 0.05) is 38.6 Å². The summed E-state index contributed by atoms with van der Waals surface area (Å²) in [7, 11) is 0. The Morgan fingerprint density at radius 3 is 2.22 bits per heavy atom. The van der Waals surface area contributed by atoms with Crippen molar-refractivity contribution in [2.45, 2.75) is 46.3 Å². The van der Waals surface area contributed by atoms with Gasteiger partial charge in [-0.15, -0.1) is 5.92 Å². The fourth-order valence-electron chi connectivity index (χ4n) is 4.01. The summed E-state index contributed by atoms with van der Waals surface area (Å²) in [6, 6.07) is 15.6. The maximum Gasteiger partial charge on any atom is 0.322 e. The van der Waals surface area contributed by atoms with E-state index >= 15 is 0 Å². The molecule has 1 aliphatic rings. The molecule has 2 aromatic carbocycles. The van der Waals surface area contributed by atoms with Crippen LogP contribution in [0.25, 0.3) is 0 Å². The number of carboxylic acid groups (broad SMARTS) is 1. The lowest BCUT2D eigenvalue weighted by atomic mass is 9.96. The number of urea groups is 1. The summed E-state index contributed by atoms with van der Waals surface area (Å²) in [6.07, 6.45) is -0.0255. The molecule has 3 N–H and O–H groups in total. The van der Waals surface area contributed by atoms with Crippen molar-refractivity contribution < 1.29 is 19.4 Å². The first kappa shape index (κ1) is 27.8. The molecule has 2 amide bonds. The number of benzene rings is 2. The summed E-state index contributed by atoms with van der Waals surface area (Å²) >= 11 is 0. The highest BCUT2D eigenvalue weighted by atomic mass is 16.5. The van der Waals surface area contributed by atoms with E-state index in [1.165, 1.54) is 5.56 Å². The van der Waals surface area contributed by atoms with Crippen LogP contribution in [0.1, 0.15) is 49.8 Å². The van der Waals surface area contributed by atoms with Crippen LogP contribution in [0.4, 0.5) is 4.79 Å². The van der Waals surface area contributed by atoms with Crippen LogP contribution in [0.15, 0.2) is 48.5 Å². The maximum atomic E-state index is 12.3. The summed E-state index contributed by atoms with van der Waals surface area (Å²) in [4.78, 5) is 27.5. The standard InChI is InChI=1S/C29H36N4O4/c1-4-5-25(18-27(34)35)24-10-12-26(13-11-24)37-20-23-8-6-22(7-9-23)19-32-14-16-33(17-15-32)29(36)31-28(30)21(2)3/h6-13,21,25H,14-20H2,1-3H3,(H,34,35)(H2,30,31,36)/t25-/m0/s1. The van der Waals surface area contributed by atoms with Gasteiger partial charge in [-0.2, -0.15) is 0 Å². The molecule has 2 aromatic rings. The van der Waals surface area contributed by atoms with Crippen LogP contribution in [0, 0.1) is 23.2 Å². The molecule has 0 spiro atoms. The Morgan fingerprint density at radius 2 is 1.65 bits per heavy atom. The van der Waals surface area contributed by atoms with Crippen LogP contribution in [-0.4, -0.2) is 58.9 Å². The number of rotatable bonds is 9.